The van der Waals surface area contributed by atoms with E-state index in [0.29, 0.717) is 0 Å². The third kappa shape index (κ3) is 4.88. The predicted molar refractivity (Wildman–Crippen MR) is 209 cm³/mol. The Labute approximate surface area is 284 Å². The SMILES string of the molecule is C/C=c1/c(-c2cccc3ccccc23)ccccccc(-c2ccc3oc4cc5cc6c(cc5cc4c3c2)oc2ccccc26)/c1=C/CC. The molecule has 2 heterocycles. The van der Waals surface area contributed by atoms with Crippen molar-refractivity contribution >= 4 is 77.6 Å². The number of hydrogen-bond donors (Lipinski definition) is 0. The first kappa shape index (κ1) is 29.1. The van der Waals surface area contributed by atoms with E-state index in [1.54, 1.807) is 0 Å². The molecule has 49 heavy (non-hydrogen) atoms. The van der Waals surface area contributed by atoms with Gasteiger partial charge in [-0.25, -0.2) is 0 Å². The van der Waals surface area contributed by atoms with Crippen LogP contribution < -0.4 is 10.4 Å². The Morgan fingerprint density at radius 3 is 1.78 bits per heavy atom. The average Bonchev–Trinajstić information content (AvgIpc) is 3.68. The second-order valence-corrected chi connectivity index (χ2v) is 12.6. The van der Waals surface area contributed by atoms with E-state index in [1.165, 1.54) is 37.9 Å². The quantitative estimate of drug-likeness (QED) is 0.194. The molecule has 0 aliphatic carbocycles. The van der Waals surface area contributed by atoms with Gasteiger partial charge in [0, 0.05) is 21.5 Å². The summed E-state index contributed by atoms with van der Waals surface area (Å²) >= 11 is 0. The van der Waals surface area contributed by atoms with Crippen LogP contribution in [0.5, 0.6) is 0 Å². The van der Waals surface area contributed by atoms with Crippen LogP contribution in [0, 0.1) is 0 Å². The van der Waals surface area contributed by atoms with Crippen molar-refractivity contribution < 1.29 is 8.83 Å². The van der Waals surface area contributed by atoms with Crippen LogP contribution in [-0.4, -0.2) is 0 Å². The molecule has 0 bridgehead atoms. The molecule has 0 saturated carbocycles. The van der Waals surface area contributed by atoms with Crippen LogP contribution in [0.25, 0.3) is 99.8 Å². The second kappa shape index (κ2) is 11.8. The summed E-state index contributed by atoms with van der Waals surface area (Å²) in [5.41, 5.74) is 8.32. The van der Waals surface area contributed by atoms with Gasteiger partial charge in [-0.2, -0.15) is 0 Å². The highest BCUT2D eigenvalue weighted by atomic mass is 16.3. The largest absolute Gasteiger partial charge is 0.456 e. The van der Waals surface area contributed by atoms with E-state index in [9.17, 15) is 0 Å². The molecule has 9 rings (SSSR count). The van der Waals surface area contributed by atoms with E-state index in [2.05, 4.69) is 159 Å². The lowest BCUT2D eigenvalue weighted by Crippen LogP contribution is -2.27. The van der Waals surface area contributed by atoms with Gasteiger partial charge in [0.25, 0.3) is 0 Å². The molecule has 0 atom stereocenters. The summed E-state index contributed by atoms with van der Waals surface area (Å²) in [4.78, 5) is 0. The Morgan fingerprint density at radius 2 is 1.02 bits per heavy atom. The zero-order chi connectivity index (χ0) is 32.9. The molecule has 0 aliphatic rings. The molecule has 2 heteroatoms. The first-order chi connectivity index (χ1) is 24.2. The molecule has 234 valence electrons. The van der Waals surface area contributed by atoms with Crippen molar-refractivity contribution in [3.63, 3.8) is 0 Å². The highest BCUT2D eigenvalue weighted by molar-refractivity contribution is 6.15. The fourth-order valence-corrected chi connectivity index (χ4v) is 7.49. The normalized spacial score (nSPS) is 12.6. The first-order valence-electron chi connectivity index (χ1n) is 17.0. The first-order valence-corrected chi connectivity index (χ1v) is 17.0. The number of rotatable bonds is 3. The van der Waals surface area contributed by atoms with Gasteiger partial charge in [0.2, 0.25) is 0 Å². The van der Waals surface area contributed by atoms with Gasteiger partial charge < -0.3 is 8.83 Å². The minimum atomic E-state index is 0.880. The van der Waals surface area contributed by atoms with Crippen molar-refractivity contribution in [2.24, 2.45) is 0 Å². The number of furan rings is 2. The Kier molecular flexibility index (Phi) is 7.02. The molecule has 0 amide bonds. The fourth-order valence-electron chi connectivity index (χ4n) is 7.49. The molecular formula is C47H34O2. The number of benzene rings is 6. The summed E-state index contributed by atoms with van der Waals surface area (Å²) < 4.78 is 12.7. The lowest BCUT2D eigenvalue weighted by Gasteiger charge is -2.09. The third-order valence-electron chi connectivity index (χ3n) is 9.74. The van der Waals surface area contributed by atoms with Gasteiger partial charge in [-0.1, -0.05) is 122 Å². The molecule has 2 nitrogen and oxygen atoms in total. The van der Waals surface area contributed by atoms with E-state index in [1.807, 2.05) is 12.1 Å². The van der Waals surface area contributed by atoms with Gasteiger partial charge in [-0.3, -0.25) is 0 Å². The van der Waals surface area contributed by atoms with Crippen LogP contribution in [0.15, 0.2) is 154 Å². The minimum absolute atomic E-state index is 0.880. The Hall–Kier alpha value is -6.12. The maximum atomic E-state index is 6.50. The lowest BCUT2D eigenvalue weighted by atomic mass is 9.94. The molecule has 0 saturated heterocycles. The molecular weight excluding hydrogens is 597 g/mol. The Balaban J connectivity index is 1.31. The van der Waals surface area contributed by atoms with Gasteiger partial charge >= 0.3 is 0 Å². The van der Waals surface area contributed by atoms with Crippen LogP contribution in [0.1, 0.15) is 20.3 Å². The van der Waals surface area contributed by atoms with Gasteiger partial charge in [-0.05, 0) is 110 Å². The Bertz CT molecular complexity index is 2930. The van der Waals surface area contributed by atoms with E-state index in [-0.39, 0.29) is 0 Å². The standard InChI is InChI=1S/C47H34O2/c1-3-14-37-34(4-2)38(39-21-13-16-30-15-9-10-18-35(30)39)19-8-6-5-7-17-36(37)31-23-24-45-42(25-31)43-27-33-28-46-41(26-32(33)29-47(43)49-45)40-20-11-12-22-44(40)48-46/h4-29H,3H2,1-2H3/b7-5?,8-6?,34-4+,36-17?,37-14+,38-19?. The summed E-state index contributed by atoms with van der Waals surface area (Å²) in [7, 11) is 0. The Morgan fingerprint density at radius 1 is 0.429 bits per heavy atom. The molecule has 0 spiro atoms. The van der Waals surface area contributed by atoms with Crippen LogP contribution in [0.3, 0.4) is 0 Å². The number of fused-ring (bicyclic) bond motifs is 8. The van der Waals surface area contributed by atoms with Crippen LogP contribution >= 0.6 is 0 Å². The summed E-state index contributed by atoms with van der Waals surface area (Å²) in [6, 6.07) is 51.9. The minimum Gasteiger partial charge on any atom is -0.456 e. The monoisotopic (exact) mass is 630 g/mol. The smallest absolute Gasteiger partial charge is 0.136 e. The van der Waals surface area contributed by atoms with E-state index < -0.39 is 0 Å². The molecule has 0 aliphatic heterocycles. The van der Waals surface area contributed by atoms with Gasteiger partial charge in [-0.15, -0.1) is 0 Å². The summed E-state index contributed by atoms with van der Waals surface area (Å²) in [5.74, 6) is 0. The second-order valence-electron chi connectivity index (χ2n) is 12.6. The number of hydrogen-bond acceptors (Lipinski definition) is 2. The maximum absolute atomic E-state index is 6.50. The van der Waals surface area contributed by atoms with Crippen molar-refractivity contribution in [3.05, 3.63) is 156 Å². The molecule has 0 fully saturated rings. The third-order valence-corrected chi connectivity index (χ3v) is 9.74. The highest BCUT2D eigenvalue weighted by Gasteiger charge is 2.14. The van der Waals surface area contributed by atoms with Crippen LogP contribution in [0.4, 0.5) is 0 Å². The topological polar surface area (TPSA) is 26.3 Å². The molecule has 7 aromatic carbocycles. The summed E-state index contributed by atoms with van der Waals surface area (Å²) in [5, 5.41) is 11.6. The van der Waals surface area contributed by atoms with Crippen molar-refractivity contribution in [1.82, 2.24) is 0 Å². The zero-order valence-electron chi connectivity index (χ0n) is 27.5. The predicted octanol–water partition coefficient (Wildman–Crippen LogP) is 12.2. The molecule has 0 radical (unpaired) electrons. The van der Waals surface area contributed by atoms with Crippen molar-refractivity contribution in [2.75, 3.05) is 0 Å². The summed E-state index contributed by atoms with van der Waals surface area (Å²) in [6.07, 6.45) is 5.54. The van der Waals surface area contributed by atoms with Crippen LogP contribution in [-0.2, 0) is 0 Å². The van der Waals surface area contributed by atoms with Crippen molar-refractivity contribution in [2.45, 2.75) is 20.3 Å². The fraction of sp³-hybridized carbons (Fsp3) is 0.0638. The highest BCUT2D eigenvalue weighted by Crippen LogP contribution is 2.37. The lowest BCUT2D eigenvalue weighted by molar-refractivity contribution is 0.668. The molecule has 0 unspecified atom stereocenters. The maximum Gasteiger partial charge on any atom is 0.136 e. The average molecular weight is 631 g/mol. The van der Waals surface area contributed by atoms with Gasteiger partial charge in [0.15, 0.2) is 0 Å². The molecule has 9 aromatic rings. The van der Waals surface area contributed by atoms with Crippen molar-refractivity contribution in [1.29, 1.82) is 0 Å². The van der Waals surface area contributed by atoms with Crippen LogP contribution in [0.2, 0.25) is 0 Å². The zero-order valence-corrected chi connectivity index (χ0v) is 27.5. The number of para-hydroxylation sites is 1. The van der Waals surface area contributed by atoms with E-state index in [0.717, 1.165) is 66.6 Å². The summed E-state index contributed by atoms with van der Waals surface area (Å²) in [6.45, 7) is 4.36. The van der Waals surface area contributed by atoms with Gasteiger partial charge in [0.05, 0.1) is 0 Å². The van der Waals surface area contributed by atoms with E-state index in [4.69, 9.17) is 8.83 Å². The molecule has 0 N–H and O–H groups in total. The molecule has 2 aromatic heterocycles. The van der Waals surface area contributed by atoms with Gasteiger partial charge in [0.1, 0.15) is 22.3 Å². The van der Waals surface area contributed by atoms with E-state index >= 15 is 0 Å². The van der Waals surface area contributed by atoms with Crippen molar-refractivity contribution in [3.8, 4) is 22.3 Å².